The van der Waals surface area contributed by atoms with E-state index in [2.05, 4.69) is 10.00 Å². The fourth-order valence-corrected chi connectivity index (χ4v) is 3.33. The van der Waals surface area contributed by atoms with Crippen LogP contribution in [0.4, 0.5) is 0 Å². The summed E-state index contributed by atoms with van der Waals surface area (Å²) in [5, 5.41) is 6.02. The molecule has 1 aliphatic rings. The number of hydrogen-bond acceptors (Lipinski definition) is 5. The van der Waals surface area contributed by atoms with Gasteiger partial charge in [0.25, 0.3) is 5.56 Å². The summed E-state index contributed by atoms with van der Waals surface area (Å²) in [4.78, 5) is 26.7. The number of fused-ring (bicyclic) bond motifs is 1. The number of aromatic nitrogens is 2. The highest BCUT2D eigenvalue weighted by Gasteiger charge is 2.27. The van der Waals surface area contributed by atoms with Crippen molar-refractivity contribution in [1.82, 2.24) is 14.7 Å². The van der Waals surface area contributed by atoms with Gasteiger partial charge >= 0.3 is 5.97 Å². The molecule has 24 heavy (non-hydrogen) atoms. The molecule has 6 heteroatoms. The normalized spacial score (nSPS) is 18.7. The van der Waals surface area contributed by atoms with Gasteiger partial charge in [0.15, 0.2) is 0 Å². The van der Waals surface area contributed by atoms with E-state index < -0.39 is 0 Å². The molecule has 0 amide bonds. The number of hydrogen-bond donors (Lipinski definition) is 0. The van der Waals surface area contributed by atoms with Gasteiger partial charge in [-0.15, -0.1) is 0 Å². The van der Waals surface area contributed by atoms with Crippen LogP contribution >= 0.6 is 0 Å². The van der Waals surface area contributed by atoms with E-state index in [1.165, 1.54) is 4.68 Å². The van der Waals surface area contributed by atoms with Crippen LogP contribution in [0.25, 0.3) is 10.8 Å². The largest absolute Gasteiger partial charge is 0.466 e. The van der Waals surface area contributed by atoms with E-state index in [0.717, 1.165) is 30.5 Å². The van der Waals surface area contributed by atoms with Gasteiger partial charge in [0.05, 0.1) is 30.3 Å². The zero-order chi connectivity index (χ0) is 17.1. The first-order valence-electron chi connectivity index (χ1n) is 8.45. The van der Waals surface area contributed by atoms with Gasteiger partial charge in [-0.05, 0) is 39.3 Å². The van der Waals surface area contributed by atoms with Gasteiger partial charge in [0.1, 0.15) is 0 Å². The van der Waals surface area contributed by atoms with E-state index in [-0.39, 0.29) is 17.4 Å². The third-order valence-corrected chi connectivity index (χ3v) is 4.51. The number of carbonyl (C=O) groups is 1. The third kappa shape index (κ3) is 3.33. The first-order chi connectivity index (χ1) is 11.6. The van der Waals surface area contributed by atoms with Gasteiger partial charge in [0, 0.05) is 11.9 Å². The van der Waals surface area contributed by atoms with E-state index >= 15 is 0 Å². The molecule has 0 saturated carbocycles. The average molecular weight is 329 g/mol. The molecule has 0 radical (unpaired) electrons. The summed E-state index contributed by atoms with van der Waals surface area (Å²) in [6.45, 7) is 6.01. The lowest BCUT2D eigenvalue weighted by Crippen LogP contribution is -2.42. The monoisotopic (exact) mass is 329 g/mol. The Morgan fingerprint density at radius 2 is 2.08 bits per heavy atom. The molecular formula is C18H23N3O3. The Morgan fingerprint density at radius 3 is 2.83 bits per heavy atom. The predicted octanol–water partition coefficient (Wildman–Crippen LogP) is 1.94. The number of piperidine rings is 1. The van der Waals surface area contributed by atoms with E-state index in [1.54, 1.807) is 0 Å². The van der Waals surface area contributed by atoms with Crippen LogP contribution in [-0.2, 0) is 16.2 Å². The number of nitrogens with zero attached hydrogens (tertiary/aromatic N) is 3. The summed E-state index contributed by atoms with van der Waals surface area (Å²) in [5.41, 5.74) is 0.749. The Bertz CT molecular complexity index is 800. The van der Waals surface area contributed by atoms with Crippen LogP contribution in [0.1, 0.15) is 25.5 Å². The molecule has 2 aromatic rings. The SMILES string of the molecule is CCOC(=O)C1CCCN(Cn2nc(C)c3ccccc3c2=O)C1. The highest BCUT2D eigenvalue weighted by Crippen LogP contribution is 2.18. The second-order valence-corrected chi connectivity index (χ2v) is 6.25. The second kappa shape index (κ2) is 7.13. The highest BCUT2D eigenvalue weighted by atomic mass is 16.5. The van der Waals surface area contributed by atoms with Gasteiger partial charge < -0.3 is 4.74 Å². The molecule has 0 bridgehead atoms. The fraction of sp³-hybridized carbons (Fsp3) is 0.500. The summed E-state index contributed by atoms with van der Waals surface area (Å²) in [5.74, 6) is -0.256. The van der Waals surface area contributed by atoms with Crippen LogP contribution in [0.5, 0.6) is 0 Å². The molecule has 1 aliphatic heterocycles. The topological polar surface area (TPSA) is 64.4 Å². The summed E-state index contributed by atoms with van der Waals surface area (Å²) in [6.07, 6.45) is 1.76. The number of benzene rings is 1. The van der Waals surface area contributed by atoms with Crippen LogP contribution in [0.2, 0.25) is 0 Å². The van der Waals surface area contributed by atoms with E-state index in [0.29, 0.717) is 25.2 Å². The molecular weight excluding hydrogens is 306 g/mol. The van der Waals surface area contributed by atoms with Gasteiger partial charge in [-0.1, -0.05) is 18.2 Å². The third-order valence-electron chi connectivity index (χ3n) is 4.51. The van der Waals surface area contributed by atoms with Crippen molar-refractivity contribution in [3.8, 4) is 0 Å². The average Bonchev–Trinajstić information content (AvgIpc) is 2.60. The van der Waals surface area contributed by atoms with Crippen molar-refractivity contribution in [3.05, 3.63) is 40.3 Å². The number of aryl methyl sites for hydroxylation is 1. The Balaban J connectivity index is 1.81. The minimum Gasteiger partial charge on any atom is -0.466 e. The number of esters is 1. The molecule has 0 spiro atoms. The molecule has 2 heterocycles. The van der Waals surface area contributed by atoms with Crippen LogP contribution in [0, 0.1) is 12.8 Å². The molecule has 1 saturated heterocycles. The van der Waals surface area contributed by atoms with Crippen LogP contribution in [0.15, 0.2) is 29.1 Å². The molecule has 1 aromatic heterocycles. The molecule has 0 N–H and O–H groups in total. The van der Waals surface area contributed by atoms with Gasteiger partial charge in [-0.2, -0.15) is 5.10 Å². The molecule has 1 fully saturated rings. The van der Waals surface area contributed by atoms with Crippen molar-refractivity contribution in [3.63, 3.8) is 0 Å². The summed E-state index contributed by atoms with van der Waals surface area (Å²) >= 11 is 0. The number of rotatable bonds is 4. The van der Waals surface area contributed by atoms with Crippen LogP contribution in [0.3, 0.4) is 0 Å². The zero-order valence-electron chi connectivity index (χ0n) is 14.2. The van der Waals surface area contributed by atoms with Gasteiger partial charge in [0.2, 0.25) is 0 Å². The molecule has 3 rings (SSSR count). The van der Waals surface area contributed by atoms with E-state index in [9.17, 15) is 9.59 Å². The maximum Gasteiger partial charge on any atom is 0.310 e. The standard InChI is InChI=1S/C18H23N3O3/c1-3-24-18(23)14-7-6-10-20(11-14)12-21-17(22)16-9-5-4-8-15(16)13(2)19-21/h4-5,8-9,14H,3,6-7,10-12H2,1-2H3. The van der Waals surface area contributed by atoms with Crippen molar-refractivity contribution < 1.29 is 9.53 Å². The van der Waals surface area contributed by atoms with E-state index in [1.807, 2.05) is 38.1 Å². The lowest BCUT2D eigenvalue weighted by molar-refractivity contribution is -0.150. The minimum absolute atomic E-state index is 0.0885. The van der Waals surface area contributed by atoms with E-state index in [4.69, 9.17) is 4.74 Å². The van der Waals surface area contributed by atoms with Crippen molar-refractivity contribution in [2.45, 2.75) is 33.4 Å². The smallest absolute Gasteiger partial charge is 0.310 e. The molecule has 128 valence electrons. The zero-order valence-corrected chi connectivity index (χ0v) is 14.2. The molecule has 1 atom stereocenters. The van der Waals surface area contributed by atoms with Crippen molar-refractivity contribution in [1.29, 1.82) is 0 Å². The van der Waals surface area contributed by atoms with Gasteiger partial charge in [-0.3, -0.25) is 14.5 Å². The Kier molecular flexibility index (Phi) is 4.94. The summed E-state index contributed by atoms with van der Waals surface area (Å²) in [7, 11) is 0. The van der Waals surface area contributed by atoms with Crippen molar-refractivity contribution in [2.75, 3.05) is 19.7 Å². The number of carbonyl (C=O) groups excluding carboxylic acids is 1. The Hall–Kier alpha value is -2.21. The lowest BCUT2D eigenvalue weighted by Gasteiger charge is -2.31. The first-order valence-corrected chi connectivity index (χ1v) is 8.45. The number of ether oxygens (including phenoxy) is 1. The maximum absolute atomic E-state index is 12.7. The Labute approximate surface area is 141 Å². The summed E-state index contributed by atoms with van der Waals surface area (Å²) < 4.78 is 6.64. The quantitative estimate of drug-likeness (QED) is 0.802. The predicted molar refractivity (Wildman–Crippen MR) is 91.7 cm³/mol. The molecule has 0 aliphatic carbocycles. The lowest BCUT2D eigenvalue weighted by atomic mass is 9.98. The minimum atomic E-state index is -0.141. The van der Waals surface area contributed by atoms with Crippen LogP contribution < -0.4 is 5.56 Å². The summed E-state index contributed by atoms with van der Waals surface area (Å²) in [6, 6.07) is 7.53. The number of likely N-dealkylation sites (tertiary alicyclic amines) is 1. The maximum atomic E-state index is 12.7. The molecule has 1 unspecified atom stereocenters. The van der Waals surface area contributed by atoms with Crippen molar-refractivity contribution >= 4 is 16.7 Å². The second-order valence-electron chi connectivity index (χ2n) is 6.25. The highest BCUT2D eigenvalue weighted by molar-refractivity contribution is 5.83. The Morgan fingerprint density at radius 1 is 1.33 bits per heavy atom. The molecule has 1 aromatic carbocycles. The van der Waals surface area contributed by atoms with Crippen LogP contribution in [-0.4, -0.2) is 40.3 Å². The van der Waals surface area contributed by atoms with Gasteiger partial charge in [-0.25, -0.2) is 4.68 Å². The molecule has 6 nitrogen and oxygen atoms in total. The van der Waals surface area contributed by atoms with Crippen molar-refractivity contribution in [2.24, 2.45) is 5.92 Å². The fourth-order valence-electron chi connectivity index (χ4n) is 3.33. The first kappa shape index (κ1) is 16.6.